The van der Waals surface area contributed by atoms with E-state index in [2.05, 4.69) is 0 Å². The third-order valence-electron chi connectivity index (χ3n) is 5.05. The molecule has 1 aromatic carbocycles. The zero-order valence-electron chi connectivity index (χ0n) is 16.0. The number of hydrogen-bond acceptors (Lipinski definition) is 6. The molecule has 1 aromatic rings. The van der Waals surface area contributed by atoms with Crippen molar-refractivity contribution in [3.8, 4) is 5.75 Å². The molecule has 2 aliphatic heterocycles. The predicted octanol–water partition coefficient (Wildman–Crippen LogP) is 2.44. The van der Waals surface area contributed by atoms with E-state index in [-0.39, 0.29) is 23.8 Å². The van der Waals surface area contributed by atoms with Crippen molar-refractivity contribution in [3.05, 3.63) is 34.7 Å². The molecule has 0 saturated carbocycles. The van der Waals surface area contributed by atoms with Gasteiger partial charge in [-0.25, -0.2) is 0 Å². The molecule has 1 N–H and O–H groups in total. The number of rotatable bonds is 6. The van der Waals surface area contributed by atoms with Gasteiger partial charge in [-0.05, 0) is 36.7 Å². The van der Waals surface area contributed by atoms with E-state index in [1.807, 2.05) is 12.1 Å². The molecule has 0 atom stereocenters. The standard InChI is InChI=1S/C20H22N2O6S/c1-28-15-5-3-2-4-14(15)12-16-18(24)22(20(27)29-16)11-8-17(23)21-9-6-13(7-10-21)19(25)26/h2-5,12-13H,6-11H2,1H3,(H,25,26). The maximum Gasteiger partial charge on any atom is 0.306 e. The van der Waals surface area contributed by atoms with Gasteiger partial charge < -0.3 is 14.7 Å². The number of carbonyl (C=O) groups is 4. The number of ether oxygens (including phenoxy) is 1. The SMILES string of the molecule is COc1ccccc1C=C1SC(=O)N(CCC(=O)N2CCC(C(=O)O)CC2)C1=O. The zero-order valence-corrected chi connectivity index (χ0v) is 16.8. The van der Waals surface area contributed by atoms with E-state index in [4.69, 9.17) is 9.84 Å². The summed E-state index contributed by atoms with van der Waals surface area (Å²) in [4.78, 5) is 51.2. The van der Waals surface area contributed by atoms with E-state index in [9.17, 15) is 19.2 Å². The van der Waals surface area contributed by atoms with Crippen molar-refractivity contribution in [2.24, 2.45) is 5.92 Å². The van der Waals surface area contributed by atoms with Crippen LogP contribution >= 0.6 is 11.8 Å². The van der Waals surface area contributed by atoms with Gasteiger partial charge in [-0.3, -0.25) is 24.1 Å². The van der Waals surface area contributed by atoms with Crippen molar-refractivity contribution in [2.75, 3.05) is 26.7 Å². The summed E-state index contributed by atoms with van der Waals surface area (Å²) in [6.07, 6.45) is 2.48. The highest BCUT2D eigenvalue weighted by Crippen LogP contribution is 2.34. The number of methoxy groups -OCH3 is 1. The van der Waals surface area contributed by atoms with Crippen molar-refractivity contribution in [2.45, 2.75) is 19.3 Å². The summed E-state index contributed by atoms with van der Waals surface area (Å²) >= 11 is 0.839. The monoisotopic (exact) mass is 418 g/mol. The predicted molar refractivity (Wildman–Crippen MR) is 107 cm³/mol. The molecule has 0 aliphatic carbocycles. The van der Waals surface area contributed by atoms with E-state index in [1.54, 1.807) is 23.1 Å². The van der Waals surface area contributed by atoms with Crippen LogP contribution in [0.1, 0.15) is 24.8 Å². The molecular weight excluding hydrogens is 396 g/mol. The Kier molecular flexibility index (Phi) is 6.58. The molecule has 8 nitrogen and oxygen atoms in total. The van der Waals surface area contributed by atoms with Crippen molar-refractivity contribution < 1.29 is 29.0 Å². The first kappa shape index (κ1) is 20.9. The summed E-state index contributed by atoms with van der Waals surface area (Å²) in [7, 11) is 1.53. The number of aliphatic carboxylic acids is 1. The van der Waals surface area contributed by atoms with Crippen LogP contribution in [-0.2, 0) is 14.4 Å². The Morgan fingerprint density at radius 3 is 2.59 bits per heavy atom. The second-order valence-electron chi connectivity index (χ2n) is 6.82. The Hall–Kier alpha value is -2.81. The fourth-order valence-corrected chi connectivity index (χ4v) is 4.22. The number of carbonyl (C=O) groups excluding carboxylic acids is 3. The molecule has 9 heteroatoms. The minimum absolute atomic E-state index is 0.00558. The van der Waals surface area contributed by atoms with Crippen molar-refractivity contribution in [1.29, 1.82) is 0 Å². The largest absolute Gasteiger partial charge is 0.496 e. The van der Waals surface area contributed by atoms with Crippen LogP contribution in [0.15, 0.2) is 29.2 Å². The Bertz CT molecular complexity index is 860. The Morgan fingerprint density at radius 1 is 1.24 bits per heavy atom. The van der Waals surface area contributed by atoms with Gasteiger partial charge in [0.2, 0.25) is 5.91 Å². The van der Waals surface area contributed by atoms with Gasteiger partial charge in [0.15, 0.2) is 0 Å². The maximum absolute atomic E-state index is 12.6. The number of carboxylic acids is 1. The number of piperidine rings is 1. The van der Waals surface area contributed by atoms with Gasteiger partial charge in [-0.2, -0.15) is 0 Å². The smallest absolute Gasteiger partial charge is 0.306 e. The van der Waals surface area contributed by atoms with Crippen molar-refractivity contribution in [3.63, 3.8) is 0 Å². The number of benzene rings is 1. The van der Waals surface area contributed by atoms with E-state index in [0.29, 0.717) is 37.2 Å². The topological polar surface area (TPSA) is 104 Å². The van der Waals surface area contributed by atoms with E-state index >= 15 is 0 Å². The summed E-state index contributed by atoms with van der Waals surface area (Å²) in [6, 6.07) is 7.18. The first-order chi connectivity index (χ1) is 13.9. The van der Waals surface area contributed by atoms with Gasteiger partial charge in [0.25, 0.3) is 11.1 Å². The lowest BCUT2D eigenvalue weighted by Crippen LogP contribution is -2.42. The number of imide groups is 1. The molecule has 2 aliphatic rings. The highest BCUT2D eigenvalue weighted by Gasteiger charge is 2.36. The normalized spacial score (nSPS) is 19.1. The lowest BCUT2D eigenvalue weighted by Gasteiger charge is -2.30. The number of amides is 3. The molecule has 0 spiro atoms. The average Bonchev–Trinajstić information content (AvgIpc) is 2.99. The second kappa shape index (κ2) is 9.13. The molecule has 0 bridgehead atoms. The van der Waals surface area contributed by atoms with Crippen LogP contribution < -0.4 is 4.74 Å². The molecule has 3 rings (SSSR count). The lowest BCUT2D eigenvalue weighted by atomic mass is 9.97. The van der Waals surface area contributed by atoms with Crippen LogP contribution in [0.2, 0.25) is 0 Å². The Labute approximate surface area is 172 Å². The van der Waals surface area contributed by atoms with E-state index < -0.39 is 23.0 Å². The highest BCUT2D eigenvalue weighted by atomic mass is 32.2. The fourth-order valence-electron chi connectivity index (χ4n) is 3.36. The zero-order chi connectivity index (χ0) is 21.0. The third kappa shape index (κ3) is 4.79. The third-order valence-corrected chi connectivity index (χ3v) is 5.95. The molecule has 154 valence electrons. The van der Waals surface area contributed by atoms with Crippen LogP contribution in [0.25, 0.3) is 6.08 Å². The highest BCUT2D eigenvalue weighted by molar-refractivity contribution is 8.18. The fraction of sp³-hybridized carbons (Fsp3) is 0.400. The van der Waals surface area contributed by atoms with Crippen LogP contribution in [0, 0.1) is 5.92 Å². The van der Waals surface area contributed by atoms with Gasteiger partial charge in [-0.1, -0.05) is 18.2 Å². The van der Waals surface area contributed by atoms with Gasteiger partial charge in [-0.15, -0.1) is 0 Å². The first-order valence-corrected chi connectivity index (χ1v) is 10.1. The maximum atomic E-state index is 12.6. The lowest BCUT2D eigenvalue weighted by molar-refractivity contribution is -0.145. The molecule has 29 heavy (non-hydrogen) atoms. The summed E-state index contributed by atoms with van der Waals surface area (Å²) in [6.45, 7) is 0.766. The number of hydrogen-bond donors (Lipinski definition) is 1. The molecule has 2 saturated heterocycles. The van der Waals surface area contributed by atoms with Crippen LogP contribution in [-0.4, -0.2) is 64.7 Å². The number of para-hydroxylation sites is 1. The molecule has 2 heterocycles. The van der Waals surface area contributed by atoms with Gasteiger partial charge in [0, 0.05) is 31.6 Å². The molecule has 0 unspecified atom stereocenters. The quantitative estimate of drug-likeness (QED) is 0.708. The molecular formula is C20H22N2O6S. The summed E-state index contributed by atoms with van der Waals surface area (Å²) in [5.41, 5.74) is 0.692. The summed E-state index contributed by atoms with van der Waals surface area (Å²) in [5, 5.41) is 8.62. The van der Waals surface area contributed by atoms with Gasteiger partial charge in [0.1, 0.15) is 5.75 Å². The minimum Gasteiger partial charge on any atom is -0.496 e. The molecule has 3 amide bonds. The summed E-state index contributed by atoms with van der Waals surface area (Å²) in [5.74, 6) is -1.26. The summed E-state index contributed by atoms with van der Waals surface area (Å²) < 4.78 is 5.26. The van der Waals surface area contributed by atoms with Crippen molar-refractivity contribution >= 4 is 40.9 Å². The van der Waals surface area contributed by atoms with Gasteiger partial charge >= 0.3 is 5.97 Å². The van der Waals surface area contributed by atoms with E-state index in [1.165, 1.54) is 7.11 Å². The van der Waals surface area contributed by atoms with Crippen LogP contribution in [0.3, 0.4) is 0 Å². The Balaban J connectivity index is 1.59. The van der Waals surface area contributed by atoms with Gasteiger partial charge in [0.05, 0.1) is 17.9 Å². The van der Waals surface area contributed by atoms with Crippen LogP contribution in [0.4, 0.5) is 4.79 Å². The van der Waals surface area contributed by atoms with Crippen molar-refractivity contribution in [1.82, 2.24) is 9.80 Å². The number of thioether (sulfide) groups is 1. The number of likely N-dealkylation sites (tertiary alicyclic amines) is 1. The second-order valence-corrected chi connectivity index (χ2v) is 7.81. The van der Waals surface area contributed by atoms with Crippen LogP contribution in [0.5, 0.6) is 5.75 Å². The molecule has 0 radical (unpaired) electrons. The Morgan fingerprint density at radius 2 is 1.93 bits per heavy atom. The molecule has 0 aromatic heterocycles. The molecule has 2 fully saturated rings. The first-order valence-electron chi connectivity index (χ1n) is 9.29. The minimum atomic E-state index is -0.836. The average molecular weight is 418 g/mol. The number of carboxylic acid groups (broad SMARTS) is 1. The number of nitrogens with zero attached hydrogens (tertiary/aromatic N) is 2. The van der Waals surface area contributed by atoms with E-state index in [0.717, 1.165) is 16.7 Å².